The molecule has 0 amide bonds. The van der Waals surface area contributed by atoms with Crippen LogP contribution in [0.3, 0.4) is 0 Å². The van der Waals surface area contributed by atoms with Gasteiger partial charge < -0.3 is 19.8 Å². The molecule has 0 radical (unpaired) electrons. The van der Waals surface area contributed by atoms with Gasteiger partial charge in [-0.15, -0.1) is 0 Å². The minimum atomic E-state index is -0.892. The van der Waals surface area contributed by atoms with Crippen LogP contribution in [0, 0.1) is 10.1 Å². The van der Waals surface area contributed by atoms with Gasteiger partial charge in [0.05, 0.1) is 17.1 Å². The van der Waals surface area contributed by atoms with E-state index in [1.165, 1.54) is 6.07 Å². The van der Waals surface area contributed by atoms with Crippen LogP contribution in [0.5, 0.6) is 0 Å². The highest BCUT2D eigenvalue weighted by Gasteiger charge is 2.32. The first-order valence-electron chi connectivity index (χ1n) is 6.85. The summed E-state index contributed by atoms with van der Waals surface area (Å²) in [5.41, 5.74) is -0.0447. The lowest BCUT2D eigenvalue weighted by Crippen LogP contribution is -2.45. The van der Waals surface area contributed by atoms with E-state index in [1.807, 2.05) is 0 Å². The van der Waals surface area contributed by atoms with Crippen molar-refractivity contribution >= 4 is 11.4 Å². The second-order valence-corrected chi connectivity index (χ2v) is 5.43. The zero-order valence-electron chi connectivity index (χ0n) is 12.0. The summed E-state index contributed by atoms with van der Waals surface area (Å²) in [4.78, 5) is 12.4. The molecule has 1 heterocycles. The van der Waals surface area contributed by atoms with Crippen molar-refractivity contribution < 1.29 is 19.9 Å². The summed E-state index contributed by atoms with van der Waals surface area (Å²) in [7, 11) is 1.72. The lowest BCUT2D eigenvalue weighted by Gasteiger charge is -2.36. The zero-order chi connectivity index (χ0) is 15.5. The minimum absolute atomic E-state index is 0.0697. The lowest BCUT2D eigenvalue weighted by molar-refractivity contribution is -0.384. The molecule has 0 saturated carbocycles. The predicted octanol–water partition coefficient (Wildman–Crippen LogP) is 1.06. The van der Waals surface area contributed by atoms with Gasteiger partial charge in [-0.25, -0.2) is 0 Å². The fourth-order valence-corrected chi connectivity index (χ4v) is 2.57. The number of hydrogen-bond acceptors (Lipinski definition) is 6. The van der Waals surface area contributed by atoms with Gasteiger partial charge in [-0.2, -0.15) is 0 Å². The molecule has 1 aromatic carbocycles. The molecule has 1 fully saturated rings. The van der Waals surface area contributed by atoms with Crippen molar-refractivity contribution in [3.05, 3.63) is 33.9 Å². The molecule has 0 bridgehead atoms. The van der Waals surface area contributed by atoms with Crippen molar-refractivity contribution in [2.75, 3.05) is 31.7 Å². The Morgan fingerprint density at radius 1 is 1.43 bits per heavy atom. The molecule has 1 aliphatic heterocycles. The van der Waals surface area contributed by atoms with Crippen LogP contribution >= 0.6 is 0 Å². The van der Waals surface area contributed by atoms with Gasteiger partial charge in [0.15, 0.2) is 0 Å². The summed E-state index contributed by atoms with van der Waals surface area (Å²) in [6, 6.07) is 4.61. The summed E-state index contributed by atoms with van der Waals surface area (Å²) in [5, 5.41) is 30.8. The van der Waals surface area contributed by atoms with Gasteiger partial charge in [0.25, 0.3) is 5.69 Å². The Hall–Kier alpha value is -1.70. The fraction of sp³-hybridized carbons (Fsp3) is 0.571. The van der Waals surface area contributed by atoms with E-state index in [4.69, 9.17) is 9.84 Å². The van der Waals surface area contributed by atoms with Gasteiger partial charge >= 0.3 is 0 Å². The van der Waals surface area contributed by atoms with Crippen LogP contribution in [0.15, 0.2) is 18.2 Å². The Morgan fingerprint density at radius 3 is 2.67 bits per heavy atom. The van der Waals surface area contributed by atoms with Crippen LogP contribution in [-0.4, -0.2) is 47.5 Å². The van der Waals surface area contributed by atoms with Crippen LogP contribution in [0.2, 0.25) is 0 Å². The lowest BCUT2D eigenvalue weighted by atomic mass is 9.93. The number of rotatable bonds is 5. The Kier molecular flexibility index (Phi) is 4.76. The highest BCUT2D eigenvalue weighted by Crippen LogP contribution is 2.31. The molecule has 0 aliphatic carbocycles. The standard InChI is InChI=1S/C14H20N2O5/c1-15(10-14(18)4-6-21-7-5-14)12-3-2-11(9-17)8-13(12)16(19)20/h2-3,8,17-18H,4-7,9-10H2,1H3. The molecule has 0 aromatic heterocycles. The summed E-state index contributed by atoms with van der Waals surface area (Å²) >= 11 is 0. The third kappa shape index (κ3) is 3.69. The molecule has 7 nitrogen and oxygen atoms in total. The number of likely N-dealkylation sites (N-methyl/N-ethyl adjacent to an activating group) is 1. The van der Waals surface area contributed by atoms with Crippen LogP contribution < -0.4 is 4.90 Å². The Morgan fingerprint density at radius 2 is 2.10 bits per heavy atom. The number of nitrogens with zero attached hydrogens (tertiary/aromatic N) is 2. The molecule has 0 spiro atoms. The molecule has 1 aromatic rings. The maximum absolute atomic E-state index is 11.2. The van der Waals surface area contributed by atoms with Crippen molar-refractivity contribution in [3.63, 3.8) is 0 Å². The highest BCUT2D eigenvalue weighted by molar-refractivity contribution is 5.64. The normalized spacial score (nSPS) is 17.5. The molecule has 0 atom stereocenters. The van der Waals surface area contributed by atoms with Gasteiger partial charge in [0.1, 0.15) is 5.69 Å². The molecule has 2 rings (SSSR count). The number of anilines is 1. The van der Waals surface area contributed by atoms with E-state index in [1.54, 1.807) is 24.1 Å². The summed E-state index contributed by atoms with van der Waals surface area (Å²) < 4.78 is 5.23. The van der Waals surface area contributed by atoms with E-state index in [2.05, 4.69) is 0 Å². The van der Waals surface area contributed by atoms with Crippen molar-refractivity contribution in [3.8, 4) is 0 Å². The van der Waals surface area contributed by atoms with E-state index >= 15 is 0 Å². The average Bonchev–Trinajstić information content (AvgIpc) is 2.46. The number of aliphatic hydroxyl groups excluding tert-OH is 1. The molecule has 2 N–H and O–H groups in total. The van der Waals surface area contributed by atoms with Gasteiger partial charge in [0.2, 0.25) is 0 Å². The average molecular weight is 296 g/mol. The fourth-order valence-electron chi connectivity index (χ4n) is 2.57. The number of nitro groups is 1. The maximum Gasteiger partial charge on any atom is 0.292 e. The van der Waals surface area contributed by atoms with E-state index in [0.717, 1.165) is 0 Å². The number of ether oxygens (including phenoxy) is 1. The highest BCUT2D eigenvalue weighted by atomic mass is 16.6. The molecule has 116 valence electrons. The zero-order valence-corrected chi connectivity index (χ0v) is 12.0. The Bertz CT molecular complexity index is 514. The Balaban J connectivity index is 2.21. The van der Waals surface area contributed by atoms with Gasteiger partial charge in [-0.3, -0.25) is 10.1 Å². The summed E-state index contributed by atoms with van der Waals surface area (Å²) in [6.45, 7) is 1.05. The summed E-state index contributed by atoms with van der Waals surface area (Å²) in [5.74, 6) is 0. The van der Waals surface area contributed by atoms with Crippen molar-refractivity contribution in [2.24, 2.45) is 0 Å². The van der Waals surface area contributed by atoms with Gasteiger partial charge in [0, 0.05) is 45.7 Å². The van der Waals surface area contributed by atoms with E-state index in [9.17, 15) is 15.2 Å². The van der Waals surface area contributed by atoms with E-state index in [0.29, 0.717) is 43.9 Å². The van der Waals surface area contributed by atoms with Crippen LogP contribution in [-0.2, 0) is 11.3 Å². The van der Waals surface area contributed by atoms with Crippen LogP contribution in [0.25, 0.3) is 0 Å². The second kappa shape index (κ2) is 6.38. The van der Waals surface area contributed by atoms with Crippen molar-refractivity contribution in [1.82, 2.24) is 0 Å². The Labute approximate surface area is 122 Å². The second-order valence-electron chi connectivity index (χ2n) is 5.43. The quantitative estimate of drug-likeness (QED) is 0.623. The smallest absolute Gasteiger partial charge is 0.292 e. The maximum atomic E-state index is 11.2. The molecular formula is C14H20N2O5. The molecular weight excluding hydrogens is 276 g/mol. The topological polar surface area (TPSA) is 96.1 Å². The van der Waals surface area contributed by atoms with E-state index < -0.39 is 10.5 Å². The SMILES string of the molecule is CN(CC1(O)CCOCC1)c1ccc(CO)cc1[N+](=O)[O-]. The van der Waals surface area contributed by atoms with Gasteiger partial charge in [-0.05, 0) is 11.6 Å². The molecule has 21 heavy (non-hydrogen) atoms. The van der Waals surface area contributed by atoms with E-state index in [-0.39, 0.29) is 12.3 Å². The third-order valence-corrected chi connectivity index (χ3v) is 3.79. The molecule has 7 heteroatoms. The third-order valence-electron chi connectivity index (χ3n) is 3.79. The monoisotopic (exact) mass is 296 g/mol. The first kappa shape index (κ1) is 15.7. The molecule has 0 unspecified atom stereocenters. The summed E-state index contributed by atoms with van der Waals surface area (Å²) in [6.07, 6.45) is 1.03. The molecule has 1 saturated heterocycles. The number of nitro benzene ring substituents is 1. The number of benzene rings is 1. The predicted molar refractivity (Wildman–Crippen MR) is 77.3 cm³/mol. The first-order chi connectivity index (χ1) is 9.95. The number of hydrogen-bond donors (Lipinski definition) is 2. The van der Waals surface area contributed by atoms with Crippen molar-refractivity contribution in [2.45, 2.75) is 25.0 Å². The van der Waals surface area contributed by atoms with Crippen molar-refractivity contribution in [1.29, 1.82) is 0 Å². The number of aliphatic hydroxyl groups is 2. The molecule has 1 aliphatic rings. The minimum Gasteiger partial charge on any atom is -0.392 e. The largest absolute Gasteiger partial charge is 0.392 e. The van der Waals surface area contributed by atoms with Crippen LogP contribution in [0.4, 0.5) is 11.4 Å². The van der Waals surface area contributed by atoms with Gasteiger partial charge in [-0.1, -0.05) is 6.07 Å². The van der Waals surface area contributed by atoms with Crippen LogP contribution in [0.1, 0.15) is 18.4 Å². The first-order valence-corrected chi connectivity index (χ1v) is 6.85.